The van der Waals surface area contributed by atoms with E-state index in [1.165, 1.54) is 4.90 Å². The van der Waals surface area contributed by atoms with Gasteiger partial charge in [0.25, 0.3) is 5.91 Å². The number of benzene rings is 3. The lowest BCUT2D eigenvalue weighted by Gasteiger charge is -2.40. The minimum atomic E-state index is -1.58. The first-order valence-electron chi connectivity index (χ1n) is 9.26. The van der Waals surface area contributed by atoms with Crippen molar-refractivity contribution >= 4 is 11.6 Å². The predicted octanol–water partition coefficient (Wildman–Crippen LogP) is 3.44. The number of fused-ring (bicyclic) bond motifs is 5. The summed E-state index contributed by atoms with van der Waals surface area (Å²) in [7, 11) is 0. The lowest BCUT2D eigenvalue weighted by Crippen LogP contribution is -2.58. The third-order valence-corrected chi connectivity index (χ3v) is 5.80. The zero-order valence-electron chi connectivity index (χ0n) is 15.4. The molecule has 2 aliphatic rings. The SMILES string of the molecule is C[C@]1(NOCc2ccccc2)c2ccccc2N2C(=O)c3ccccc3[C@@]21O. The Kier molecular flexibility index (Phi) is 3.67. The summed E-state index contributed by atoms with van der Waals surface area (Å²) in [5.41, 5.74) is 4.07. The van der Waals surface area contributed by atoms with Crippen molar-refractivity contribution < 1.29 is 14.7 Å². The maximum Gasteiger partial charge on any atom is 0.261 e. The van der Waals surface area contributed by atoms with Crippen LogP contribution in [0.4, 0.5) is 5.69 Å². The van der Waals surface area contributed by atoms with Crippen LogP contribution in [0.15, 0.2) is 78.9 Å². The monoisotopic (exact) mass is 372 g/mol. The molecule has 5 nitrogen and oxygen atoms in total. The van der Waals surface area contributed by atoms with Crippen molar-refractivity contribution in [3.05, 3.63) is 101 Å². The van der Waals surface area contributed by atoms with E-state index in [9.17, 15) is 9.90 Å². The number of anilines is 1. The average molecular weight is 372 g/mol. The molecule has 0 radical (unpaired) electrons. The fourth-order valence-corrected chi connectivity index (χ4v) is 4.38. The van der Waals surface area contributed by atoms with Gasteiger partial charge < -0.3 is 5.11 Å². The lowest BCUT2D eigenvalue weighted by molar-refractivity contribution is -0.123. The molecule has 28 heavy (non-hydrogen) atoms. The zero-order chi connectivity index (χ0) is 19.4. The number of carbonyl (C=O) groups excluding carboxylic acids is 1. The van der Waals surface area contributed by atoms with Crippen molar-refractivity contribution in [1.29, 1.82) is 0 Å². The Morgan fingerprint density at radius 1 is 0.929 bits per heavy atom. The fraction of sp³-hybridized carbons (Fsp3) is 0.174. The van der Waals surface area contributed by atoms with E-state index >= 15 is 0 Å². The molecule has 2 N–H and O–H groups in total. The van der Waals surface area contributed by atoms with Crippen LogP contribution >= 0.6 is 0 Å². The van der Waals surface area contributed by atoms with E-state index in [0.717, 1.165) is 11.1 Å². The molecule has 0 saturated carbocycles. The number of nitrogens with zero attached hydrogens (tertiary/aromatic N) is 1. The Morgan fingerprint density at radius 2 is 1.57 bits per heavy atom. The highest BCUT2D eigenvalue weighted by molar-refractivity contribution is 6.13. The van der Waals surface area contributed by atoms with E-state index in [1.54, 1.807) is 12.1 Å². The third kappa shape index (κ3) is 2.09. The molecule has 0 bridgehead atoms. The molecule has 3 aromatic rings. The lowest BCUT2D eigenvalue weighted by atomic mass is 9.81. The van der Waals surface area contributed by atoms with E-state index in [0.29, 0.717) is 23.4 Å². The number of para-hydroxylation sites is 1. The van der Waals surface area contributed by atoms with E-state index in [2.05, 4.69) is 5.48 Å². The van der Waals surface area contributed by atoms with Crippen LogP contribution in [0, 0.1) is 0 Å². The van der Waals surface area contributed by atoms with Gasteiger partial charge in [-0.3, -0.25) is 14.5 Å². The van der Waals surface area contributed by atoms with Gasteiger partial charge in [-0.15, -0.1) is 0 Å². The third-order valence-electron chi connectivity index (χ3n) is 5.80. The van der Waals surface area contributed by atoms with Crippen LogP contribution in [-0.4, -0.2) is 11.0 Å². The maximum atomic E-state index is 13.1. The molecule has 3 aromatic carbocycles. The Morgan fingerprint density at radius 3 is 2.36 bits per heavy atom. The molecule has 0 spiro atoms. The molecule has 5 heteroatoms. The van der Waals surface area contributed by atoms with Gasteiger partial charge in [-0.1, -0.05) is 66.7 Å². The molecule has 2 heterocycles. The second kappa shape index (κ2) is 6.01. The largest absolute Gasteiger partial charge is 0.365 e. The van der Waals surface area contributed by atoms with Gasteiger partial charge in [-0.25, -0.2) is 0 Å². The van der Waals surface area contributed by atoms with E-state index in [4.69, 9.17) is 4.84 Å². The number of aliphatic hydroxyl groups is 1. The molecular formula is C23H20N2O3. The summed E-state index contributed by atoms with van der Waals surface area (Å²) >= 11 is 0. The van der Waals surface area contributed by atoms with Gasteiger partial charge >= 0.3 is 0 Å². The number of hydroxylamine groups is 1. The van der Waals surface area contributed by atoms with Crippen molar-refractivity contribution in [1.82, 2.24) is 5.48 Å². The van der Waals surface area contributed by atoms with Gasteiger partial charge in [0.15, 0.2) is 5.72 Å². The first kappa shape index (κ1) is 17.1. The van der Waals surface area contributed by atoms with Crippen molar-refractivity contribution in [3.8, 4) is 0 Å². The highest BCUT2D eigenvalue weighted by atomic mass is 16.6. The summed E-state index contributed by atoms with van der Waals surface area (Å²) in [6.07, 6.45) is 0. The Labute approximate surface area is 163 Å². The Balaban J connectivity index is 1.58. The van der Waals surface area contributed by atoms with E-state index in [1.807, 2.05) is 73.7 Å². The van der Waals surface area contributed by atoms with Crippen LogP contribution in [0.5, 0.6) is 0 Å². The van der Waals surface area contributed by atoms with Crippen LogP contribution in [0.1, 0.15) is 34.0 Å². The molecule has 0 unspecified atom stereocenters. The quantitative estimate of drug-likeness (QED) is 0.689. The minimum absolute atomic E-state index is 0.209. The number of carbonyl (C=O) groups is 1. The smallest absolute Gasteiger partial charge is 0.261 e. The number of nitrogens with one attached hydrogen (secondary N) is 1. The molecule has 140 valence electrons. The summed E-state index contributed by atoms with van der Waals surface area (Å²) in [5.74, 6) is -0.209. The second-order valence-electron chi connectivity index (χ2n) is 7.38. The molecule has 2 atom stereocenters. The zero-order valence-corrected chi connectivity index (χ0v) is 15.4. The van der Waals surface area contributed by atoms with Crippen molar-refractivity contribution in [2.45, 2.75) is 24.8 Å². The summed E-state index contributed by atoms with van der Waals surface area (Å²) in [6, 6.07) is 24.5. The topological polar surface area (TPSA) is 61.8 Å². The fourth-order valence-electron chi connectivity index (χ4n) is 4.38. The van der Waals surface area contributed by atoms with Gasteiger partial charge in [-0.05, 0) is 24.6 Å². The highest BCUT2D eigenvalue weighted by Gasteiger charge is 2.66. The summed E-state index contributed by atoms with van der Waals surface area (Å²) in [6.45, 7) is 2.20. The van der Waals surface area contributed by atoms with Crippen molar-refractivity contribution in [2.75, 3.05) is 4.90 Å². The molecule has 2 aliphatic heterocycles. The highest BCUT2D eigenvalue weighted by Crippen LogP contribution is 2.58. The number of hydrogen-bond donors (Lipinski definition) is 2. The molecule has 0 saturated heterocycles. The first-order chi connectivity index (χ1) is 13.6. The van der Waals surface area contributed by atoms with Gasteiger partial charge in [0.05, 0.1) is 12.3 Å². The summed E-state index contributed by atoms with van der Waals surface area (Å²) in [5, 5.41) is 12.0. The summed E-state index contributed by atoms with van der Waals surface area (Å²) < 4.78 is 0. The number of amides is 1. The van der Waals surface area contributed by atoms with Crippen LogP contribution in [0.3, 0.4) is 0 Å². The van der Waals surface area contributed by atoms with Crippen molar-refractivity contribution in [2.24, 2.45) is 0 Å². The van der Waals surface area contributed by atoms with Gasteiger partial charge in [0, 0.05) is 16.7 Å². The molecule has 1 amide bonds. The van der Waals surface area contributed by atoms with Crippen molar-refractivity contribution in [3.63, 3.8) is 0 Å². The number of rotatable bonds is 4. The van der Waals surface area contributed by atoms with Crippen LogP contribution in [0.2, 0.25) is 0 Å². The normalized spacial score (nSPS) is 24.8. The first-order valence-corrected chi connectivity index (χ1v) is 9.26. The van der Waals surface area contributed by atoms with Crippen LogP contribution in [-0.2, 0) is 22.7 Å². The summed E-state index contributed by atoms with van der Waals surface area (Å²) in [4.78, 5) is 20.4. The van der Waals surface area contributed by atoms with E-state index in [-0.39, 0.29) is 5.91 Å². The standard InChI is InChI=1S/C23H20N2O3/c1-22(24-28-15-16-9-3-2-4-10-16)19-13-7-8-14-20(19)25-21(26)17-11-5-6-12-18(17)23(22,25)27/h2-14,24,27H,15H2,1H3/t22-,23-/m0/s1. The predicted molar refractivity (Wildman–Crippen MR) is 105 cm³/mol. The van der Waals surface area contributed by atoms with Gasteiger partial charge in [0.2, 0.25) is 0 Å². The second-order valence-corrected chi connectivity index (χ2v) is 7.38. The molecule has 5 rings (SSSR count). The molecule has 0 aromatic heterocycles. The molecular weight excluding hydrogens is 352 g/mol. The van der Waals surface area contributed by atoms with Crippen LogP contribution < -0.4 is 10.4 Å². The Bertz CT molecular complexity index is 1070. The molecule has 0 fully saturated rings. The van der Waals surface area contributed by atoms with Crippen LogP contribution in [0.25, 0.3) is 0 Å². The van der Waals surface area contributed by atoms with E-state index < -0.39 is 11.3 Å². The maximum absolute atomic E-state index is 13.1. The van der Waals surface area contributed by atoms with Gasteiger partial charge in [0.1, 0.15) is 5.54 Å². The average Bonchev–Trinajstić information content (AvgIpc) is 3.08. The van der Waals surface area contributed by atoms with Gasteiger partial charge in [-0.2, -0.15) is 5.48 Å². The Hall–Kier alpha value is -2.99. The minimum Gasteiger partial charge on any atom is -0.365 e. The number of hydrogen-bond acceptors (Lipinski definition) is 4. The molecule has 0 aliphatic carbocycles.